The van der Waals surface area contributed by atoms with Crippen LogP contribution in [0.1, 0.15) is 12.8 Å². The Morgan fingerprint density at radius 2 is 2.33 bits per heavy atom. The van der Waals surface area contributed by atoms with Gasteiger partial charge >= 0.3 is 5.97 Å². The van der Waals surface area contributed by atoms with E-state index in [1.165, 1.54) is 7.11 Å². The molecule has 0 aromatic rings. The molecule has 4 heteroatoms. The molecule has 0 aromatic carbocycles. The van der Waals surface area contributed by atoms with E-state index in [4.69, 9.17) is 9.47 Å². The summed E-state index contributed by atoms with van der Waals surface area (Å²) >= 11 is 0. The maximum Gasteiger partial charge on any atom is 0.328 e. The van der Waals surface area contributed by atoms with Crippen molar-refractivity contribution in [2.45, 2.75) is 18.4 Å². The highest BCUT2D eigenvalue weighted by atomic mass is 16.5. The van der Waals surface area contributed by atoms with Crippen molar-refractivity contribution in [2.75, 3.05) is 27.4 Å². The van der Waals surface area contributed by atoms with Crippen LogP contribution in [0.3, 0.4) is 0 Å². The standard InChI is InChI=1S/C8H15NO3/c1-11-6-8(7(10)12-2)4-3-5-9-8/h9H,3-6H2,1-2H3. The molecule has 1 N–H and O–H groups in total. The van der Waals surface area contributed by atoms with Crippen LogP contribution in [-0.4, -0.2) is 38.9 Å². The van der Waals surface area contributed by atoms with Crippen LogP contribution in [0.5, 0.6) is 0 Å². The molecule has 0 radical (unpaired) electrons. The Bertz CT molecular complexity index is 164. The SMILES string of the molecule is COCC1(C(=O)OC)CCCN1. The molecule has 1 unspecified atom stereocenters. The normalized spacial score (nSPS) is 28.8. The minimum absolute atomic E-state index is 0.221. The lowest BCUT2D eigenvalue weighted by atomic mass is 9.99. The van der Waals surface area contributed by atoms with Crippen molar-refractivity contribution in [3.8, 4) is 0 Å². The molecule has 1 rings (SSSR count). The number of methoxy groups -OCH3 is 2. The van der Waals surface area contributed by atoms with Crippen molar-refractivity contribution < 1.29 is 14.3 Å². The van der Waals surface area contributed by atoms with Crippen LogP contribution < -0.4 is 5.32 Å². The highest BCUT2D eigenvalue weighted by Gasteiger charge is 2.42. The van der Waals surface area contributed by atoms with Gasteiger partial charge < -0.3 is 9.47 Å². The molecule has 0 aromatic heterocycles. The van der Waals surface area contributed by atoms with Gasteiger partial charge in [0.05, 0.1) is 13.7 Å². The van der Waals surface area contributed by atoms with Crippen LogP contribution in [0.2, 0.25) is 0 Å². The molecular formula is C8H15NO3. The number of hydrogen-bond acceptors (Lipinski definition) is 4. The zero-order valence-corrected chi connectivity index (χ0v) is 7.55. The summed E-state index contributed by atoms with van der Waals surface area (Å²) in [6.45, 7) is 1.25. The van der Waals surface area contributed by atoms with Gasteiger partial charge in [-0.15, -0.1) is 0 Å². The van der Waals surface area contributed by atoms with Crippen LogP contribution in [0, 0.1) is 0 Å². The molecule has 0 bridgehead atoms. The number of carbonyl (C=O) groups is 1. The van der Waals surface area contributed by atoms with Gasteiger partial charge in [-0.05, 0) is 19.4 Å². The average molecular weight is 173 g/mol. The number of nitrogens with one attached hydrogen (secondary N) is 1. The zero-order valence-electron chi connectivity index (χ0n) is 7.55. The smallest absolute Gasteiger partial charge is 0.328 e. The molecule has 1 fully saturated rings. The van der Waals surface area contributed by atoms with E-state index in [1.54, 1.807) is 7.11 Å². The fraction of sp³-hybridized carbons (Fsp3) is 0.875. The minimum Gasteiger partial charge on any atom is -0.468 e. The molecule has 12 heavy (non-hydrogen) atoms. The Morgan fingerprint density at radius 1 is 1.58 bits per heavy atom. The Morgan fingerprint density at radius 3 is 2.75 bits per heavy atom. The average Bonchev–Trinajstić information content (AvgIpc) is 2.53. The van der Waals surface area contributed by atoms with E-state index < -0.39 is 5.54 Å². The predicted molar refractivity (Wildman–Crippen MR) is 43.9 cm³/mol. The highest BCUT2D eigenvalue weighted by Crippen LogP contribution is 2.20. The third kappa shape index (κ3) is 1.59. The molecule has 1 heterocycles. The fourth-order valence-corrected chi connectivity index (χ4v) is 1.60. The first-order valence-corrected chi connectivity index (χ1v) is 4.07. The second kappa shape index (κ2) is 3.87. The van der Waals surface area contributed by atoms with Crippen molar-refractivity contribution in [1.82, 2.24) is 5.32 Å². The van der Waals surface area contributed by atoms with E-state index in [-0.39, 0.29) is 5.97 Å². The van der Waals surface area contributed by atoms with Gasteiger partial charge in [0, 0.05) is 7.11 Å². The summed E-state index contributed by atoms with van der Waals surface area (Å²) in [7, 11) is 2.99. The fourth-order valence-electron chi connectivity index (χ4n) is 1.60. The maximum absolute atomic E-state index is 11.4. The van der Waals surface area contributed by atoms with Gasteiger partial charge in [0.15, 0.2) is 0 Å². The molecule has 1 saturated heterocycles. The van der Waals surface area contributed by atoms with Gasteiger partial charge in [-0.25, -0.2) is 4.79 Å². The Kier molecular flexibility index (Phi) is 3.05. The van der Waals surface area contributed by atoms with Crippen molar-refractivity contribution >= 4 is 5.97 Å². The third-order valence-electron chi connectivity index (χ3n) is 2.21. The molecule has 1 aliphatic heterocycles. The van der Waals surface area contributed by atoms with Crippen molar-refractivity contribution in [1.29, 1.82) is 0 Å². The van der Waals surface area contributed by atoms with E-state index in [1.807, 2.05) is 0 Å². The number of carbonyl (C=O) groups excluding carboxylic acids is 1. The second-order valence-electron chi connectivity index (χ2n) is 3.04. The summed E-state index contributed by atoms with van der Waals surface area (Å²) in [5.74, 6) is -0.221. The molecule has 0 amide bonds. The second-order valence-corrected chi connectivity index (χ2v) is 3.04. The van der Waals surface area contributed by atoms with Crippen molar-refractivity contribution in [2.24, 2.45) is 0 Å². The Labute approximate surface area is 72.2 Å². The van der Waals surface area contributed by atoms with Gasteiger partial charge in [0.25, 0.3) is 0 Å². The zero-order chi connectivity index (χ0) is 9.03. The summed E-state index contributed by atoms with van der Waals surface area (Å²) in [5, 5.41) is 3.12. The lowest BCUT2D eigenvalue weighted by molar-refractivity contribution is -0.150. The summed E-state index contributed by atoms with van der Waals surface area (Å²) in [6.07, 6.45) is 1.80. The third-order valence-corrected chi connectivity index (χ3v) is 2.21. The molecule has 0 spiro atoms. The lowest BCUT2D eigenvalue weighted by Gasteiger charge is -2.24. The van der Waals surface area contributed by atoms with Crippen LogP contribution >= 0.6 is 0 Å². The molecule has 1 aliphatic rings. The first kappa shape index (κ1) is 9.48. The van der Waals surface area contributed by atoms with Gasteiger partial charge in [-0.2, -0.15) is 0 Å². The number of esters is 1. The summed E-state index contributed by atoms with van der Waals surface area (Å²) in [6, 6.07) is 0. The summed E-state index contributed by atoms with van der Waals surface area (Å²) in [5.41, 5.74) is -0.580. The van der Waals surface area contributed by atoms with E-state index in [0.717, 1.165) is 19.4 Å². The Hall–Kier alpha value is -0.610. The molecule has 4 nitrogen and oxygen atoms in total. The summed E-state index contributed by atoms with van der Waals surface area (Å²) in [4.78, 5) is 11.4. The summed E-state index contributed by atoms with van der Waals surface area (Å²) < 4.78 is 9.70. The van der Waals surface area contributed by atoms with Crippen LogP contribution in [0.15, 0.2) is 0 Å². The van der Waals surface area contributed by atoms with E-state index >= 15 is 0 Å². The van der Waals surface area contributed by atoms with Gasteiger partial charge in [-0.3, -0.25) is 5.32 Å². The van der Waals surface area contributed by atoms with Gasteiger partial charge in [0.2, 0.25) is 0 Å². The number of ether oxygens (including phenoxy) is 2. The van der Waals surface area contributed by atoms with Gasteiger partial charge in [0.1, 0.15) is 5.54 Å². The van der Waals surface area contributed by atoms with E-state index in [0.29, 0.717) is 6.61 Å². The van der Waals surface area contributed by atoms with Crippen molar-refractivity contribution in [3.05, 3.63) is 0 Å². The highest BCUT2D eigenvalue weighted by molar-refractivity contribution is 5.81. The first-order valence-electron chi connectivity index (χ1n) is 4.07. The van der Waals surface area contributed by atoms with Crippen molar-refractivity contribution in [3.63, 3.8) is 0 Å². The lowest BCUT2D eigenvalue weighted by Crippen LogP contribution is -2.51. The minimum atomic E-state index is -0.580. The molecule has 0 saturated carbocycles. The molecule has 1 atom stereocenters. The largest absolute Gasteiger partial charge is 0.468 e. The molecular weight excluding hydrogens is 158 g/mol. The maximum atomic E-state index is 11.4. The number of hydrogen-bond donors (Lipinski definition) is 1. The first-order chi connectivity index (χ1) is 5.75. The van der Waals surface area contributed by atoms with Gasteiger partial charge in [-0.1, -0.05) is 0 Å². The van der Waals surface area contributed by atoms with Crippen LogP contribution in [0.25, 0.3) is 0 Å². The van der Waals surface area contributed by atoms with E-state index in [9.17, 15) is 4.79 Å². The molecule has 0 aliphatic carbocycles. The van der Waals surface area contributed by atoms with E-state index in [2.05, 4.69) is 5.32 Å². The molecule has 70 valence electrons. The monoisotopic (exact) mass is 173 g/mol. The van der Waals surface area contributed by atoms with Crippen LogP contribution in [-0.2, 0) is 14.3 Å². The predicted octanol–water partition coefficient (Wildman–Crippen LogP) is -0.0720. The Balaban J connectivity index is 2.64. The number of rotatable bonds is 3. The quantitative estimate of drug-likeness (QED) is 0.607. The topological polar surface area (TPSA) is 47.6 Å². The van der Waals surface area contributed by atoms with Crippen LogP contribution in [0.4, 0.5) is 0 Å².